The summed E-state index contributed by atoms with van der Waals surface area (Å²) in [6, 6.07) is 11.0. The fraction of sp³-hybridized carbons (Fsp3) is 0.438. The number of ether oxygens (including phenoxy) is 1. The molecule has 4 atom stereocenters. The Bertz CT molecular complexity index is 599. The first kappa shape index (κ1) is 10.3. The van der Waals surface area contributed by atoms with E-state index in [-0.39, 0.29) is 10.8 Å². The monoisotopic (exact) mass is 237 g/mol. The lowest BCUT2D eigenvalue weighted by Gasteiger charge is -2.62. The summed E-state index contributed by atoms with van der Waals surface area (Å²) in [5.74, 6) is 0.873. The molecule has 2 heteroatoms. The summed E-state index contributed by atoms with van der Waals surface area (Å²) >= 11 is 0. The fourth-order valence-corrected chi connectivity index (χ4v) is 4.54. The van der Waals surface area contributed by atoms with Gasteiger partial charge in [-0.15, -0.1) is 0 Å². The highest BCUT2D eigenvalue weighted by Gasteiger charge is 2.73. The predicted molar refractivity (Wildman–Crippen MR) is 68.7 cm³/mol. The van der Waals surface area contributed by atoms with Crippen LogP contribution in [-0.4, -0.2) is 13.2 Å². The maximum atomic E-state index is 9.89. The van der Waals surface area contributed by atoms with Gasteiger partial charge in [0.25, 0.3) is 0 Å². The SMILES string of the molecule is C[C@@H]1[C@H]2COCC23C=Cc2ccccc2C13C#N. The molecule has 0 amide bonds. The van der Waals surface area contributed by atoms with Crippen LogP contribution in [0.5, 0.6) is 0 Å². The van der Waals surface area contributed by atoms with Crippen molar-refractivity contribution in [3.05, 3.63) is 41.5 Å². The van der Waals surface area contributed by atoms with E-state index < -0.39 is 0 Å². The third-order valence-corrected chi connectivity index (χ3v) is 5.44. The summed E-state index contributed by atoms with van der Waals surface area (Å²) in [6.45, 7) is 3.70. The van der Waals surface area contributed by atoms with Gasteiger partial charge in [-0.1, -0.05) is 43.3 Å². The van der Waals surface area contributed by atoms with E-state index in [0.29, 0.717) is 18.4 Å². The molecule has 0 bridgehead atoms. The molecule has 2 aliphatic carbocycles. The maximum absolute atomic E-state index is 9.89. The second-order valence-corrected chi connectivity index (χ2v) is 5.79. The van der Waals surface area contributed by atoms with Crippen LogP contribution in [0.1, 0.15) is 18.1 Å². The molecular weight excluding hydrogens is 222 g/mol. The van der Waals surface area contributed by atoms with Crippen LogP contribution >= 0.6 is 0 Å². The van der Waals surface area contributed by atoms with Gasteiger partial charge in [0.15, 0.2) is 0 Å². The third-order valence-electron chi connectivity index (χ3n) is 5.44. The van der Waals surface area contributed by atoms with Crippen molar-refractivity contribution in [3.63, 3.8) is 0 Å². The zero-order valence-corrected chi connectivity index (χ0v) is 10.4. The Morgan fingerprint density at radius 2 is 2.22 bits per heavy atom. The van der Waals surface area contributed by atoms with E-state index >= 15 is 0 Å². The summed E-state index contributed by atoms with van der Waals surface area (Å²) < 4.78 is 5.70. The number of benzene rings is 1. The first-order chi connectivity index (χ1) is 8.76. The smallest absolute Gasteiger partial charge is 0.0973 e. The Hall–Kier alpha value is -1.59. The molecule has 4 rings (SSSR count). The van der Waals surface area contributed by atoms with E-state index in [4.69, 9.17) is 4.74 Å². The number of hydrogen-bond acceptors (Lipinski definition) is 2. The normalized spacial score (nSPS) is 43.3. The minimum absolute atomic E-state index is 0.0739. The number of fused-ring (bicyclic) bond motifs is 2. The first-order valence-electron chi connectivity index (χ1n) is 6.54. The lowest BCUT2D eigenvalue weighted by molar-refractivity contribution is -0.0365. The molecule has 1 aromatic rings. The van der Waals surface area contributed by atoms with Gasteiger partial charge in [-0.3, -0.25) is 0 Å². The van der Waals surface area contributed by atoms with Gasteiger partial charge >= 0.3 is 0 Å². The van der Waals surface area contributed by atoms with Crippen LogP contribution in [0.3, 0.4) is 0 Å². The van der Waals surface area contributed by atoms with E-state index in [1.165, 1.54) is 11.1 Å². The van der Waals surface area contributed by atoms with E-state index in [0.717, 1.165) is 6.61 Å². The van der Waals surface area contributed by atoms with Gasteiger partial charge in [-0.2, -0.15) is 5.26 Å². The van der Waals surface area contributed by atoms with Gasteiger partial charge in [-0.25, -0.2) is 0 Å². The van der Waals surface area contributed by atoms with E-state index in [2.05, 4.69) is 37.3 Å². The Morgan fingerprint density at radius 1 is 1.39 bits per heavy atom. The van der Waals surface area contributed by atoms with Gasteiger partial charge in [0.2, 0.25) is 0 Å². The molecule has 2 fully saturated rings. The van der Waals surface area contributed by atoms with Gasteiger partial charge in [0.1, 0.15) is 0 Å². The van der Waals surface area contributed by atoms with Crippen molar-refractivity contribution in [2.75, 3.05) is 13.2 Å². The van der Waals surface area contributed by atoms with Crippen LogP contribution in [0, 0.1) is 28.6 Å². The van der Waals surface area contributed by atoms with Crippen molar-refractivity contribution in [2.24, 2.45) is 17.3 Å². The molecule has 18 heavy (non-hydrogen) atoms. The minimum Gasteiger partial charge on any atom is -0.380 e. The van der Waals surface area contributed by atoms with Crippen LogP contribution in [0.25, 0.3) is 6.08 Å². The van der Waals surface area contributed by atoms with Gasteiger partial charge in [-0.05, 0) is 23.0 Å². The fourth-order valence-electron chi connectivity index (χ4n) is 4.54. The highest BCUT2D eigenvalue weighted by molar-refractivity contribution is 5.67. The number of nitriles is 1. The average Bonchev–Trinajstić information content (AvgIpc) is 2.78. The second-order valence-electron chi connectivity index (χ2n) is 5.79. The van der Waals surface area contributed by atoms with E-state index in [1.807, 2.05) is 12.1 Å². The molecule has 1 saturated heterocycles. The predicted octanol–water partition coefficient (Wildman–Crippen LogP) is 2.76. The van der Waals surface area contributed by atoms with Crippen LogP contribution in [0.4, 0.5) is 0 Å². The summed E-state index contributed by atoms with van der Waals surface area (Å²) in [7, 11) is 0. The largest absolute Gasteiger partial charge is 0.380 e. The molecule has 0 aromatic heterocycles. The Labute approximate surface area is 107 Å². The van der Waals surface area contributed by atoms with Crippen LogP contribution in [0.15, 0.2) is 30.3 Å². The molecule has 1 saturated carbocycles. The molecular formula is C16H15NO. The number of hydrogen-bond donors (Lipinski definition) is 0. The van der Waals surface area contributed by atoms with Crippen molar-refractivity contribution < 1.29 is 4.74 Å². The van der Waals surface area contributed by atoms with Crippen LogP contribution in [0.2, 0.25) is 0 Å². The minimum atomic E-state index is -0.375. The molecule has 3 aliphatic rings. The Morgan fingerprint density at radius 3 is 3.06 bits per heavy atom. The van der Waals surface area contributed by atoms with Crippen molar-refractivity contribution in [2.45, 2.75) is 12.3 Å². The molecule has 2 unspecified atom stereocenters. The summed E-state index contributed by atoms with van der Waals surface area (Å²) in [5.41, 5.74) is 1.95. The molecule has 0 N–H and O–H groups in total. The molecule has 0 radical (unpaired) electrons. The maximum Gasteiger partial charge on any atom is 0.0973 e. The zero-order chi connectivity index (χ0) is 12.4. The lowest BCUT2D eigenvalue weighted by Crippen LogP contribution is -2.66. The Kier molecular flexibility index (Phi) is 1.75. The molecule has 2 nitrogen and oxygen atoms in total. The molecule has 1 spiro atoms. The van der Waals surface area contributed by atoms with Crippen LogP contribution < -0.4 is 0 Å². The van der Waals surface area contributed by atoms with Gasteiger partial charge in [0, 0.05) is 5.41 Å². The summed E-state index contributed by atoms with van der Waals surface area (Å²) in [5, 5.41) is 9.89. The van der Waals surface area contributed by atoms with Gasteiger partial charge < -0.3 is 4.74 Å². The second kappa shape index (κ2) is 3.05. The van der Waals surface area contributed by atoms with E-state index in [9.17, 15) is 5.26 Å². The van der Waals surface area contributed by atoms with Crippen LogP contribution in [-0.2, 0) is 10.2 Å². The molecule has 1 aromatic carbocycles. The zero-order valence-electron chi connectivity index (χ0n) is 10.4. The molecule has 1 heterocycles. The summed E-state index contributed by atoms with van der Waals surface area (Å²) in [6.07, 6.45) is 4.43. The topological polar surface area (TPSA) is 33.0 Å². The highest BCUT2D eigenvalue weighted by Crippen LogP contribution is 2.70. The van der Waals surface area contributed by atoms with Crippen molar-refractivity contribution in [3.8, 4) is 6.07 Å². The van der Waals surface area contributed by atoms with Crippen molar-refractivity contribution >= 4 is 6.08 Å². The Balaban J connectivity index is 2.02. The third kappa shape index (κ3) is 0.814. The molecule has 1 aliphatic heterocycles. The average molecular weight is 237 g/mol. The summed E-state index contributed by atoms with van der Waals surface area (Å²) in [4.78, 5) is 0. The first-order valence-corrected chi connectivity index (χ1v) is 6.54. The molecule has 90 valence electrons. The highest BCUT2D eigenvalue weighted by atomic mass is 16.5. The van der Waals surface area contributed by atoms with E-state index in [1.54, 1.807) is 0 Å². The number of nitrogens with zero attached hydrogens (tertiary/aromatic N) is 1. The lowest BCUT2D eigenvalue weighted by atomic mass is 9.36. The van der Waals surface area contributed by atoms with Crippen molar-refractivity contribution in [1.82, 2.24) is 0 Å². The van der Waals surface area contributed by atoms with Crippen molar-refractivity contribution in [1.29, 1.82) is 5.26 Å². The number of rotatable bonds is 0. The van der Waals surface area contributed by atoms with Gasteiger partial charge in [0.05, 0.1) is 24.7 Å². The quantitative estimate of drug-likeness (QED) is 0.695. The standard InChI is InChI=1S/C16H15NO/c1-11-14-8-18-10-15(14)7-6-12-4-2-3-5-13(12)16(11,15)9-17/h2-7,11,14H,8,10H2,1H3/t11-,14-,15?,16?/m1/s1.